The number of benzene rings is 2. The van der Waals surface area contributed by atoms with Gasteiger partial charge in [0.05, 0.1) is 5.92 Å². The summed E-state index contributed by atoms with van der Waals surface area (Å²) in [6.45, 7) is 3.63. The number of nitrogens with one attached hydrogen (secondary N) is 1. The van der Waals surface area contributed by atoms with E-state index in [1.54, 1.807) is 30.3 Å². The van der Waals surface area contributed by atoms with Crippen LogP contribution in [0.3, 0.4) is 0 Å². The number of esters is 1. The van der Waals surface area contributed by atoms with Crippen LogP contribution in [0.25, 0.3) is 0 Å². The highest BCUT2D eigenvalue weighted by atomic mass is 79.9. The molecule has 8 heteroatoms. The molecule has 2 aromatic rings. The van der Waals surface area contributed by atoms with Crippen LogP contribution in [-0.4, -0.2) is 30.9 Å². The summed E-state index contributed by atoms with van der Waals surface area (Å²) >= 11 is 9.42. The third kappa shape index (κ3) is 4.97. The van der Waals surface area contributed by atoms with Crippen LogP contribution in [0.4, 0.5) is 11.4 Å². The smallest absolute Gasteiger partial charge is 0.311 e. The maximum absolute atomic E-state index is 12.3. The Morgan fingerprint density at radius 2 is 2.00 bits per heavy atom. The Morgan fingerprint density at radius 3 is 2.72 bits per heavy atom. The van der Waals surface area contributed by atoms with Gasteiger partial charge in [-0.3, -0.25) is 14.4 Å². The molecule has 0 unspecified atom stereocenters. The molecule has 152 valence electrons. The van der Waals surface area contributed by atoms with Crippen molar-refractivity contribution >= 4 is 56.7 Å². The minimum Gasteiger partial charge on any atom is -0.455 e. The van der Waals surface area contributed by atoms with Crippen LogP contribution in [0.15, 0.2) is 40.9 Å². The maximum Gasteiger partial charge on any atom is 0.311 e. The zero-order valence-electron chi connectivity index (χ0n) is 16.0. The molecule has 2 aromatic carbocycles. The quantitative estimate of drug-likeness (QED) is 0.651. The van der Waals surface area contributed by atoms with Crippen LogP contribution < -0.4 is 10.2 Å². The van der Waals surface area contributed by atoms with E-state index in [2.05, 4.69) is 21.2 Å². The third-order valence-corrected chi connectivity index (χ3v) is 6.01. The SMILES string of the molecule is Cc1c(Br)ccc(NC(=O)COC(=O)[C@@H]2CC(=O)N(c3cccc(Cl)c3)C2)c1C. The predicted octanol–water partition coefficient (Wildman–Crippen LogP) is 4.25. The van der Waals surface area contributed by atoms with E-state index in [0.717, 1.165) is 15.6 Å². The first kappa shape index (κ1) is 21.3. The normalized spacial score (nSPS) is 16.1. The van der Waals surface area contributed by atoms with Crippen molar-refractivity contribution < 1.29 is 19.1 Å². The molecular formula is C21H20BrClN2O4. The lowest BCUT2D eigenvalue weighted by Gasteiger charge is -2.16. The second-order valence-electron chi connectivity index (χ2n) is 6.89. The molecular weight excluding hydrogens is 460 g/mol. The minimum atomic E-state index is -0.619. The standard InChI is InChI=1S/C21H20BrClN2O4/c1-12-13(2)18(7-6-17(12)22)24-19(26)11-29-21(28)14-8-20(27)25(10-14)16-5-3-4-15(23)9-16/h3-7,9,14H,8,10-11H2,1-2H3,(H,24,26)/t14-/m1/s1. The van der Waals surface area contributed by atoms with Crippen LogP contribution in [-0.2, 0) is 19.1 Å². The van der Waals surface area contributed by atoms with Crippen molar-refractivity contribution in [2.45, 2.75) is 20.3 Å². The van der Waals surface area contributed by atoms with Gasteiger partial charge in [0, 0.05) is 33.8 Å². The van der Waals surface area contributed by atoms with Gasteiger partial charge < -0.3 is 15.0 Å². The number of carbonyl (C=O) groups is 3. The highest BCUT2D eigenvalue weighted by molar-refractivity contribution is 9.10. The van der Waals surface area contributed by atoms with Gasteiger partial charge >= 0.3 is 5.97 Å². The van der Waals surface area contributed by atoms with Crippen LogP contribution >= 0.6 is 27.5 Å². The van der Waals surface area contributed by atoms with Crippen molar-refractivity contribution in [3.05, 3.63) is 57.0 Å². The van der Waals surface area contributed by atoms with Crippen LogP contribution in [0.5, 0.6) is 0 Å². The maximum atomic E-state index is 12.3. The molecule has 1 atom stereocenters. The van der Waals surface area contributed by atoms with E-state index in [1.165, 1.54) is 4.90 Å². The van der Waals surface area contributed by atoms with Crippen molar-refractivity contribution in [2.24, 2.45) is 5.92 Å². The van der Waals surface area contributed by atoms with E-state index < -0.39 is 24.4 Å². The summed E-state index contributed by atoms with van der Waals surface area (Å²) in [7, 11) is 0. The number of rotatable bonds is 5. The third-order valence-electron chi connectivity index (χ3n) is 4.92. The number of hydrogen-bond acceptors (Lipinski definition) is 4. The second kappa shape index (κ2) is 8.97. The molecule has 0 saturated carbocycles. The largest absolute Gasteiger partial charge is 0.455 e. The van der Waals surface area contributed by atoms with E-state index in [0.29, 0.717) is 16.4 Å². The fourth-order valence-corrected chi connectivity index (χ4v) is 3.74. The van der Waals surface area contributed by atoms with Gasteiger partial charge in [0.25, 0.3) is 5.91 Å². The van der Waals surface area contributed by atoms with E-state index in [9.17, 15) is 14.4 Å². The molecule has 0 radical (unpaired) electrons. The highest BCUT2D eigenvalue weighted by Crippen LogP contribution is 2.28. The molecule has 1 saturated heterocycles. The van der Waals surface area contributed by atoms with Gasteiger partial charge in [-0.15, -0.1) is 0 Å². The Kier molecular flexibility index (Phi) is 6.59. The predicted molar refractivity (Wildman–Crippen MR) is 115 cm³/mol. The molecule has 6 nitrogen and oxygen atoms in total. The molecule has 0 aromatic heterocycles. The van der Waals surface area contributed by atoms with Gasteiger partial charge in [-0.05, 0) is 55.3 Å². The summed E-state index contributed by atoms with van der Waals surface area (Å²) in [6, 6.07) is 10.5. The zero-order chi connectivity index (χ0) is 21.1. The lowest BCUT2D eigenvalue weighted by atomic mass is 10.1. The van der Waals surface area contributed by atoms with Crippen LogP contribution in [0.1, 0.15) is 17.5 Å². The van der Waals surface area contributed by atoms with E-state index in [4.69, 9.17) is 16.3 Å². The molecule has 2 amide bonds. The molecule has 29 heavy (non-hydrogen) atoms. The van der Waals surface area contributed by atoms with Crippen LogP contribution in [0.2, 0.25) is 5.02 Å². The van der Waals surface area contributed by atoms with E-state index in [1.807, 2.05) is 19.9 Å². The summed E-state index contributed by atoms with van der Waals surface area (Å²) in [5.74, 6) is -1.80. The molecule has 1 heterocycles. The fraction of sp³-hybridized carbons (Fsp3) is 0.286. The van der Waals surface area contributed by atoms with E-state index >= 15 is 0 Å². The zero-order valence-corrected chi connectivity index (χ0v) is 18.3. The molecule has 0 bridgehead atoms. The molecule has 1 aliphatic heterocycles. The number of amides is 2. The summed E-state index contributed by atoms with van der Waals surface area (Å²) in [5, 5.41) is 3.26. The summed E-state index contributed by atoms with van der Waals surface area (Å²) in [6.07, 6.45) is 0.0397. The number of carbonyl (C=O) groups excluding carboxylic acids is 3. The van der Waals surface area contributed by atoms with Gasteiger partial charge in [0.2, 0.25) is 5.91 Å². The average molecular weight is 480 g/mol. The van der Waals surface area contributed by atoms with Crippen molar-refractivity contribution in [3.8, 4) is 0 Å². The molecule has 1 aliphatic rings. The Morgan fingerprint density at radius 1 is 1.24 bits per heavy atom. The minimum absolute atomic E-state index is 0.0397. The van der Waals surface area contributed by atoms with Gasteiger partial charge in [0.1, 0.15) is 0 Å². The number of anilines is 2. The molecule has 1 N–H and O–H groups in total. The molecule has 0 aliphatic carbocycles. The highest BCUT2D eigenvalue weighted by Gasteiger charge is 2.36. The molecule has 3 rings (SSSR count). The van der Waals surface area contributed by atoms with Gasteiger partial charge in [-0.25, -0.2) is 0 Å². The monoisotopic (exact) mass is 478 g/mol. The van der Waals surface area contributed by atoms with Crippen molar-refractivity contribution in [2.75, 3.05) is 23.4 Å². The Labute approximate surface area is 182 Å². The fourth-order valence-electron chi connectivity index (χ4n) is 3.12. The first-order chi connectivity index (χ1) is 13.8. The Bertz CT molecular complexity index is 979. The lowest BCUT2D eigenvalue weighted by molar-refractivity contribution is -0.151. The number of hydrogen-bond donors (Lipinski definition) is 1. The second-order valence-corrected chi connectivity index (χ2v) is 8.18. The van der Waals surface area contributed by atoms with Crippen molar-refractivity contribution in [1.82, 2.24) is 0 Å². The summed E-state index contributed by atoms with van der Waals surface area (Å²) in [4.78, 5) is 38.3. The van der Waals surface area contributed by atoms with Gasteiger partial charge in [-0.1, -0.05) is 33.6 Å². The molecule has 1 fully saturated rings. The van der Waals surface area contributed by atoms with Gasteiger partial charge in [-0.2, -0.15) is 0 Å². The topological polar surface area (TPSA) is 75.7 Å². The summed E-state index contributed by atoms with van der Waals surface area (Å²) < 4.78 is 6.10. The first-order valence-electron chi connectivity index (χ1n) is 9.04. The average Bonchev–Trinajstić information content (AvgIpc) is 3.08. The van der Waals surface area contributed by atoms with Gasteiger partial charge in [0.15, 0.2) is 6.61 Å². The van der Waals surface area contributed by atoms with Crippen molar-refractivity contribution in [1.29, 1.82) is 0 Å². The summed E-state index contributed by atoms with van der Waals surface area (Å²) in [5.41, 5.74) is 3.24. The Balaban J connectivity index is 1.55. The molecule has 0 spiro atoms. The Hall–Kier alpha value is -2.38. The first-order valence-corrected chi connectivity index (χ1v) is 10.2. The lowest BCUT2D eigenvalue weighted by Crippen LogP contribution is -2.28. The number of halogens is 2. The van der Waals surface area contributed by atoms with E-state index in [-0.39, 0.29) is 18.9 Å². The van der Waals surface area contributed by atoms with Crippen LogP contribution in [0, 0.1) is 19.8 Å². The van der Waals surface area contributed by atoms with Crippen molar-refractivity contribution in [3.63, 3.8) is 0 Å². The number of ether oxygens (including phenoxy) is 1. The number of nitrogens with zero attached hydrogens (tertiary/aromatic N) is 1.